The Hall–Kier alpha value is -2.93. The van der Waals surface area contributed by atoms with Gasteiger partial charge in [0.25, 0.3) is 5.91 Å². The number of benzene rings is 2. The number of hydrogen-bond acceptors (Lipinski definition) is 4. The maximum absolute atomic E-state index is 12.5. The summed E-state index contributed by atoms with van der Waals surface area (Å²) in [6.45, 7) is 1.80. The summed E-state index contributed by atoms with van der Waals surface area (Å²) < 4.78 is 26.1. The third kappa shape index (κ3) is 4.18. The quantitative estimate of drug-likeness (QED) is 0.694. The van der Waals surface area contributed by atoms with E-state index in [-0.39, 0.29) is 11.7 Å². The van der Waals surface area contributed by atoms with Crippen LogP contribution in [0.4, 0.5) is 11.4 Å². The van der Waals surface area contributed by atoms with Crippen LogP contribution in [0.15, 0.2) is 60.8 Å². The maximum Gasteiger partial charge on any atom is 0.274 e. The molecule has 0 unspecified atom stereocenters. The van der Waals surface area contributed by atoms with Crippen LogP contribution in [0.1, 0.15) is 23.8 Å². The van der Waals surface area contributed by atoms with Crippen LogP contribution < -0.4 is 10.0 Å². The lowest BCUT2D eigenvalue weighted by Gasteiger charge is -2.09. The predicted octanol–water partition coefficient (Wildman–Crippen LogP) is 3.64. The Balaban J connectivity index is 1.76. The van der Waals surface area contributed by atoms with Crippen LogP contribution >= 0.6 is 0 Å². The molecule has 0 radical (unpaired) electrons. The third-order valence-corrected chi connectivity index (χ3v) is 5.27. The van der Waals surface area contributed by atoms with E-state index < -0.39 is 10.0 Å². The summed E-state index contributed by atoms with van der Waals surface area (Å²) in [5, 5.41) is 4.50. The Morgan fingerprint density at radius 1 is 1.00 bits per heavy atom. The van der Waals surface area contributed by atoms with Gasteiger partial charge in [-0.1, -0.05) is 31.2 Å². The number of hydrogen-bond donors (Lipinski definition) is 2. The van der Waals surface area contributed by atoms with E-state index in [1.54, 1.807) is 37.4 Å². The minimum atomic E-state index is -3.34. The molecule has 0 aliphatic carbocycles. The number of carbonyl (C=O) groups is 1. The van der Waals surface area contributed by atoms with E-state index in [0.29, 0.717) is 23.5 Å². The molecule has 0 fully saturated rings. The number of aromatic nitrogens is 1. The topological polar surface area (TPSA) is 88.2 Å². The van der Waals surface area contributed by atoms with Gasteiger partial charge in [-0.05, 0) is 42.1 Å². The van der Waals surface area contributed by atoms with Gasteiger partial charge in [-0.25, -0.2) is 8.42 Å². The van der Waals surface area contributed by atoms with Crippen molar-refractivity contribution in [2.75, 3.05) is 15.8 Å². The minimum absolute atomic E-state index is 0.0677. The van der Waals surface area contributed by atoms with Gasteiger partial charge < -0.3 is 5.32 Å². The lowest BCUT2D eigenvalue weighted by Crippen LogP contribution is -2.16. The van der Waals surface area contributed by atoms with Crippen molar-refractivity contribution in [3.63, 3.8) is 0 Å². The van der Waals surface area contributed by atoms with Gasteiger partial charge in [0, 0.05) is 23.0 Å². The Bertz CT molecular complexity index is 1030. The second kappa shape index (κ2) is 7.53. The lowest BCUT2D eigenvalue weighted by molar-refractivity contribution is 0.102. The molecule has 0 spiro atoms. The third-order valence-electron chi connectivity index (χ3n) is 3.78. The molecule has 3 rings (SSSR count). The maximum atomic E-state index is 12.5. The van der Waals surface area contributed by atoms with E-state index in [0.717, 1.165) is 10.8 Å². The SMILES string of the molecule is CCCS(=O)(=O)Nc1ccc(NC(=O)c2nccc3ccccc23)cc1. The monoisotopic (exact) mass is 369 g/mol. The summed E-state index contributed by atoms with van der Waals surface area (Å²) >= 11 is 0. The number of pyridine rings is 1. The molecule has 134 valence electrons. The van der Waals surface area contributed by atoms with Gasteiger partial charge in [-0.15, -0.1) is 0 Å². The normalized spacial score (nSPS) is 11.3. The van der Waals surface area contributed by atoms with Crippen molar-refractivity contribution >= 4 is 38.1 Å². The van der Waals surface area contributed by atoms with Crippen molar-refractivity contribution in [1.82, 2.24) is 4.98 Å². The van der Waals surface area contributed by atoms with Crippen LogP contribution in [0.2, 0.25) is 0 Å². The molecule has 0 bridgehead atoms. The highest BCUT2D eigenvalue weighted by Gasteiger charge is 2.12. The van der Waals surface area contributed by atoms with E-state index in [1.807, 2.05) is 30.3 Å². The molecule has 1 amide bonds. The van der Waals surface area contributed by atoms with Gasteiger partial charge in [0.2, 0.25) is 10.0 Å². The zero-order chi connectivity index (χ0) is 18.6. The van der Waals surface area contributed by atoms with Crippen LogP contribution in [0.5, 0.6) is 0 Å². The molecule has 0 aliphatic heterocycles. The van der Waals surface area contributed by atoms with Crippen molar-refractivity contribution in [3.8, 4) is 0 Å². The van der Waals surface area contributed by atoms with E-state index in [4.69, 9.17) is 0 Å². The van der Waals surface area contributed by atoms with E-state index in [1.165, 1.54) is 0 Å². The number of rotatable bonds is 6. The van der Waals surface area contributed by atoms with Gasteiger partial charge >= 0.3 is 0 Å². The average molecular weight is 369 g/mol. The first-order valence-corrected chi connectivity index (χ1v) is 9.89. The van der Waals surface area contributed by atoms with Crippen molar-refractivity contribution < 1.29 is 13.2 Å². The highest BCUT2D eigenvalue weighted by atomic mass is 32.2. The van der Waals surface area contributed by atoms with Crippen molar-refractivity contribution in [1.29, 1.82) is 0 Å². The number of carbonyl (C=O) groups excluding carboxylic acids is 1. The molecule has 6 nitrogen and oxygen atoms in total. The van der Waals surface area contributed by atoms with Crippen molar-refractivity contribution in [2.45, 2.75) is 13.3 Å². The highest BCUT2D eigenvalue weighted by molar-refractivity contribution is 7.92. The minimum Gasteiger partial charge on any atom is -0.321 e. The standard InChI is InChI=1S/C19H19N3O3S/c1-2-13-26(24,25)22-16-9-7-15(8-10-16)21-19(23)18-17-6-4-3-5-14(17)11-12-20-18/h3-12,22H,2,13H2,1H3,(H,21,23). The molecule has 26 heavy (non-hydrogen) atoms. The fourth-order valence-corrected chi connectivity index (χ4v) is 3.75. The molecule has 1 heterocycles. The number of anilines is 2. The summed E-state index contributed by atoms with van der Waals surface area (Å²) in [5.41, 5.74) is 1.36. The summed E-state index contributed by atoms with van der Waals surface area (Å²) in [7, 11) is -3.34. The fraction of sp³-hybridized carbons (Fsp3) is 0.158. The summed E-state index contributed by atoms with van der Waals surface area (Å²) in [6, 6.07) is 15.9. The van der Waals surface area contributed by atoms with Crippen molar-refractivity contribution in [2.24, 2.45) is 0 Å². The molecular formula is C19H19N3O3S. The van der Waals surface area contributed by atoms with E-state index in [9.17, 15) is 13.2 Å². The van der Waals surface area contributed by atoms with Gasteiger partial charge in [-0.2, -0.15) is 0 Å². The molecule has 0 saturated carbocycles. The molecule has 2 N–H and O–H groups in total. The highest BCUT2D eigenvalue weighted by Crippen LogP contribution is 2.19. The first-order chi connectivity index (χ1) is 12.5. The molecule has 0 aliphatic rings. The first-order valence-electron chi connectivity index (χ1n) is 8.24. The van der Waals surface area contributed by atoms with E-state index >= 15 is 0 Å². The smallest absolute Gasteiger partial charge is 0.274 e. The van der Waals surface area contributed by atoms with Crippen LogP contribution in [0, 0.1) is 0 Å². The van der Waals surface area contributed by atoms with Crippen LogP contribution in [0.25, 0.3) is 10.8 Å². The average Bonchev–Trinajstić information content (AvgIpc) is 2.62. The van der Waals surface area contributed by atoms with Crippen LogP contribution in [-0.4, -0.2) is 25.1 Å². The summed E-state index contributed by atoms with van der Waals surface area (Å²) in [6.07, 6.45) is 2.14. The number of fused-ring (bicyclic) bond motifs is 1. The Kier molecular flexibility index (Phi) is 5.18. The van der Waals surface area contributed by atoms with Crippen LogP contribution in [-0.2, 0) is 10.0 Å². The largest absolute Gasteiger partial charge is 0.321 e. The zero-order valence-electron chi connectivity index (χ0n) is 14.3. The molecule has 0 saturated heterocycles. The van der Waals surface area contributed by atoms with E-state index in [2.05, 4.69) is 15.0 Å². The first kappa shape index (κ1) is 17.9. The predicted molar refractivity (Wildman–Crippen MR) is 104 cm³/mol. The van der Waals surface area contributed by atoms with Gasteiger partial charge in [0.05, 0.1) is 5.75 Å². The summed E-state index contributed by atoms with van der Waals surface area (Å²) in [4.78, 5) is 16.7. The van der Waals surface area contributed by atoms with Gasteiger partial charge in [0.15, 0.2) is 0 Å². The van der Waals surface area contributed by atoms with Gasteiger partial charge in [-0.3, -0.25) is 14.5 Å². The van der Waals surface area contributed by atoms with Crippen molar-refractivity contribution in [3.05, 3.63) is 66.5 Å². The Morgan fingerprint density at radius 3 is 2.42 bits per heavy atom. The second-order valence-corrected chi connectivity index (χ2v) is 7.67. The molecular weight excluding hydrogens is 350 g/mol. The second-order valence-electron chi connectivity index (χ2n) is 5.83. The molecule has 2 aromatic carbocycles. The van der Waals surface area contributed by atoms with Gasteiger partial charge in [0.1, 0.15) is 5.69 Å². The number of nitrogens with zero attached hydrogens (tertiary/aromatic N) is 1. The molecule has 3 aromatic rings. The lowest BCUT2D eigenvalue weighted by atomic mass is 10.1. The number of sulfonamides is 1. The Labute approximate surface area is 152 Å². The van der Waals surface area contributed by atoms with Crippen LogP contribution in [0.3, 0.4) is 0 Å². The molecule has 1 aromatic heterocycles. The number of nitrogens with one attached hydrogen (secondary N) is 2. The Morgan fingerprint density at radius 2 is 1.69 bits per heavy atom. The number of amides is 1. The molecule has 0 atom stereocenters. The fourth-order valence-electron chi connectivity index (χ4n) is 2.61. The molecule has 7 heteroatoms. The summed E-state index contributed by atoms with van der Waals surface area (Å²) in [5.74, 6) is -0.251. The zero-order valence-corrected chi connectivity index (χ0v) is 15.1.